The van der Waals surface area contributed by atoms with Crippen molar-refractivity contribution >= 4 is 11.7 Å². The van der Waals surface area contributed by atoms with Crippen LogP contribution in [0.5, 0.6) is 0 Å². The molecule has 2 N–H and O–H groups in total. The summed E-state index contributed by atoms with van der Waals surface area (Å²) in [5.41, 5.74) is 3.68. The van der Waals surface area contributed by atoms with Crippen molar-refractivity contribution in [2.24, 2.45) is 0 Å². The molecule has 0 unspecified atom stereocenters. The topological polar surface area (TPSA) is 67.0 Å². The third-order valence-corrected chi connectivity index (χ3v) is 2.88. The summed E-state index contributed by atoms with van der Waals surface area (Å²) in [5, 5.41) is 10.2. The maximum atomic E-state index is 11.7. The summed E-state index contributed by atoms with van der Waals surface area (Å²) in [7, 11) is 0. The number of ether oxygens (including phenoxy) is 1. The molecule has 0 aliphatic carbocycles. The Bertz CT molecular complexity index is 573. The van der Waals surface area contributed by atoms with E-state index in [9.17, 15) is 4.79 Å². The number of aromatic nitrogens is 2. The average molecular weight is 273 g/mol. The monoisotopic (exact) mass is 273 g/mol. The Morgan fingerprint density at radius 3 is 2.60 bits per heavy atom. The lowest BCUT2D eigenvalue weighted by molar-refractivity contribution is 0.0378. The smallest absolute Gasteiger partial charge is 0.338 e. The Kier molecular flexibility index (Phi) is 4.40. The molecule has 0 radical (unpaired) electrons. The number of aromatic amines is 1. The van der Waals surface area contributed by atoms with Crippen molar-refractivity contribution in [3.05, 3.63) is 47.3 Å². The van der Waals surface area contributed by atoms with Crippen molar-refractivity contribution in [1.82, 2.24) is 10.2 Å². The average Bonchev–Trinajstić information content (AvgIpc) is 2.82. The third-order valence-electron chi connectivity index (χ3n) is 2.88. The van der Waals surface area contributed by atoms with Gasteiger partial charge in [0.25, 0.3) is 0 Å². The fraction of sp³-hybridized carbons (Fsp3) is 0.333. The second-order valence-electron chi connectivity index (χ2n) is 4.91. The zero-order valence-electron chi connectivity index (χ0n) is 11.9. The van der Waals surface area contributed by atoms with Gasteiger partial charge in [-0.3, -0.25) is 5.10 Å². The van der Waals surface area contributed by atoms with Gasteiger partial charge in [-0.25, -0.2) is 4.79 Å². The van der Waals surface area contributed by atoms with Crippen LogP contribution in [0.2, 0.25) is 0 Å². The zero-order chi connectivity index (χ0) is 14.5. The number of aryl methyl sites for hydroxylation is 1. The number of carbonyl (C=O) groups excluding carboxylic acids is 1. The van der Waals surface area contributed by atoms with Crippen molar-refractivity contribution in [2.75, 3.05) is 5.32 Å². The number of rotatable bonds is 5. The number of nitrogens with one attached hydrogen (secondary N) is 2. The predicted octanol–water partition coefficient (Wildman–Crippen LogP) is 2.90. The second-order valence-corrected chi connectivity index (χ2v) is 4.91. The van der Waals surface area contributed by atoms with Crippen LogP contribution in [0.1, 0.15) is 35.5 Å². The molecule has 0 bridgehead atoms. The summed E-state index contributed by atoms with van der Waals surface area (Å²) in [6, 6.07) is 7.25. The molecule has 2 rings (SSSR count). The molecule has 0 spiro atoms. The fourth-order valence-corrected chi connectivity index (χ4v) is 1.76. The lowest BCUT2D eigenvalue weighted by Crippen LogP contribution is -2.11. The summed E-state index contributed by atoms with van der Waals surface area (Å²) in [4.78, 5) is 11.7. The van der Waals surface area contributed by atoms with E-state index in [1.807, 2.05) is 32.9 Å². The maximum Gasteiger partial charge on any atom is 0.338 e. The van der Waals surface area contributed by atoms with E-state index in [1.165, 1.54) is 0 Å². The molecular weight excluding hydrogens is 254 g/mol. The van der Waals surface area contributed by atoms with Crippen LogP contribution in [-0.2, 0) is 11.3 Å². The van der Waals surface area contributed by atoms with Crippen molar-refractivity contribution in [1.29, 1.82) is 0 Å². The number of benzene rings is 1. The summed E-state index contributed by atoms with van der Waals surface area (Å²) < 4.78 is 5.14. The van der Waals surface area contributed by atoms with Gasteiger partial charge < -0.3 is 10.1 Å². The van der Waals surface area contributed by atoms with Gasteiger partial charge in [0, 0.05) is 23.5 Å². The standard InChI is InChI=1S/C15H19N3O2/c1-10(2)20-15(19)12-4-6-14(7-5-12)16-8-13-9-17-18-11(13)3/h4-7,9-10,16H,8H2,1-3H3,(H,17,18). The fourth-order valence-electron chi connectivity index (χ4n) is 1.76. The molecule has 0 saturated carbocycles. The molecule has 5 heteroatoms. The van der Waals surface area contributed by atoms with Gasteiger partial charge in [-0.05, 0) is 45.0 Å². The number of anilines is 1. The largest absolute Gasteiger partial charge is 0.459 e. The first-order valence-electron chi connectivity index (χ1n) is 6.60. The van der Waals surface area contributed by atoms with Gasteiger partial charge in [-0.1, -0.05) is 0 Å². The molecule has 106 valence electrons. The van der Waals surface area contributed by atoms with Gasteiger partial charge in [0.1, 0.15) is 0 Å². The Labute approximate surface area is 118 Å². The minimum Gasteiger partial charge on any atom is -0.459 e. The molecule has 0 atom stereocenters. The molecule has 1 heterocycles. The minimum absolute atomic E-state index is 0.107. The van der Waals surface area contributed by atoms with E-state index >= 15 is 0 Å². The summed E-state index contributed by atoms with van der Waals surface area (Å²) in [5.74, 6) is -0.294. The van der Waals surface area contributed by atoms with E-state index in [-0.39, 0.29) is 12.1 Å². The highest BCUT2D eigenvalue weighted by molar-refractivity contribution is 5.89. The van der Waals surface area contributed by atoms with Crippen LogP contribution in [0.4, 0.5) is 5.69 Å². The lowest BCUT2D eigenvalue weighted by atomic mass is 10.2. The van der Waals surface area contributed by atoms with E-state index < -0.39 is 0 Å². The lowest BCUT2D eigenvalue weighted by Gasteiger charge is -2.09. The Hall–Kier alpha value is -2.30. The summed E-state index contributed by atoms with van der Waals surface area (Å²) in [6.45, 7) is 6.34. The van der Waals surface area contributed by atoms with Gasteiger partial charge >= 0.3 is 5.97 Å². The first-order valence-corrected chi connectivity index (χ1v) is 6.60. The number of H-pyrrole nitrogens is 1. The van der Waals surface area contributed by atoms with Crippen molar-refractivity contribution < 1.29 is 9.53 Å². The van der Waals surface area contributed by atoms with E-state index in [1.54, 1.807) is 18.3 Å². The van der Waals surface area contributed by atoms with Crippen LogP contribution in [0.25, 0.3) is 0 Å². The SMILES string of the molecule is Cc1[nH]ncc1CNc1ccc(C(=O)OC(C)C)cc1. The maximum absolute atomic E-state index is 11.7. The van der Waals surface area contributed by atoms with E-state index in [2.05, 4.69) is 15.5 Å². The highest BCUT2D eigenvalue weighted by Crippen LogP contribution is 2.13. The van der Waals surface area contributed by atoms with Gasteiger partial charge in [0.2, 0.25) is 0 Å². The number of esters is 1. The highest BCUT2D eigenvalue weighted by Gasteiger charge is 2.08. The van der Waals surface area contributed by atoms with Gasteiger partial charge in [0.15, 0.2) is 0 Å². The Morgan fingerprint density at radius 1 is 1.35 bits per heavy atom. The predicted molar refractivity (Wildman–Crippen MR) is 77.6 cm³/mol. The molecule has 0 fully saturated rings. The quantitative estimate of drug-likeness (QED) is 0.822. The van der Waals surface area contributed by atoms with Gasteiger partial charge in [-0.2, -0.15) is 5.10 Å². The first-order chi connectivity index (χ1) is 9.56. The Balaban J connectivity index is 1.95. The minimum atomic E-state index is -0.294. The van der Waals surface area contributed by atoms with Crippen molar-refractivity contribution in [2.45, 2.75) is 33.4 Å². The van der Waals surface area contributed by atoms with E-state index in [4.69, 9.17) is 4.74 Å². The number of hydrogen-bond donors (Lipinski definition) is 2. The van der Waals surface area contributed by atoms with Crippen molar-refractivity contribution in [3.63, 3.8) is 0 Å². The number of nitrogens with zero attached hydrogens (tertiary/aromatic N) is 1. The molecular formula is C15H19N3O2. The van der Waals surface area contributed by atoms with Gasteiger partial charge in [-0.15, -0.1) is 0 Å². The zero-order valence-corrected chi connectivity index (χ0v) is 11.9. The summed E-state index contributed by atoms with van der Waals surface area (Å²) in [6.07, 6.45) is 1.70. The van der Waals surface area contributed by atoms with Crippen LogP contribution in [0, 0.1) is 6.92 Å². The van der Waals surface area contributed by atoms with Gasteiger partial charge in [0.05, 0.1) is 17.9 Å². The molecule has 0 amide bonds. The summed E-state index contributed by atoms with van der Waals surface area (Å²) >= 11 is 0. The molecule has 5 nitrogen and oxygen atoms in total. The normalized spacial score (nSPS) is 10.6. The molecule has 20 heavy (non-hydrogen) atoms. The van der Waals surface area contributed by atoms with Crippen LogP contribution >= 0.6 is 0 Å². The van der Waals surface area contributed by atoms with Crippen LogP contribution < -0.4 is 5.32 Å². The third kappa shape index (κ3) is 3.60. The molecule has 1 aromatic carbocycles. The van der Waals surface area contributed by atoms with Crippen molar-refractivity contribution in [3.8, 4) is 0 Å². The highest BCUT2D eigenvalue weighted by atomic mass is 16.5. The number of carbonyl (C=O) groups is 1. The van der Waals surface area contributed by atoms with E-state index in [0.29, 0.717) is 12.1 Å². The Morgan fingerprint density at radius 2 is 2.05 bits per heavy atom. The molecule has 2 aromatic rings. The van der Waals surface area contributed by atoms with Crippen LogP contribution in [0.3, 0.4) is 0 Å². The number of hydrogen-bond acceptors (Lipinski definition) is 4. The first kappa shape index (κ1) is 14.1. The molecule has 0 saturated heterocycles. The molecule has 0 aliphatic rings. The van der Waals surface area contributed by atoms with E-state index in [0.717, 1.165) is 16.9 Å². The molecule has 0 aliphatic heterocycles. The molecule has 1 aromatic heterocycles. The van der Waals surface area contributed by atoms with Crippen LogP contribution in [0.15, 0.2) is 30.5 Å². The van der Waals surface area contributed by atoms with Crippen LogP contribution in [-0.4, -0.2) is 22.3 Å². The second kappa shape index (κ2) is 6.23.